The average molecular weight is 161 g/mol. The summed E-state index contributed by atoms with van der Waals surface area (Å²) in [7, 11) is 0. The third-order valence-corrected chi connectivity index (χ3v) is 1.57. The molecule has 12 heavy (non-hydrogen) atoms. The summed E-state index contributed by atoms with van der Waals surface area (Å²) in [4.78, 5) is 11.2. The lowest BCUT2D eigenvalue weighted by molar-refractivity contribution is 0.917. The number of nitrogens with one attached hydrogen (secondary N) is 1. The number of hydrogen-bond donors (Lipinski definition) is 1. The Kier molecular flexibility index (Phi) is 1.51. The summed E-state index contributed by atoms with van der Waals surface area (Å²) >= 11 is 0. The van der Waals surface area contributed by atoms with Crippen LogP contribution in [0.25, 0.3) is 5.82 Å². The van der Waals surface area contributed by atoms with Gasteiger partial charge in [0.05, 0.1) is 6.20 Å². The van der Waals surface area contributed by atoms with E-state index < -0.39 is 0 Å². The molecular formula is C8H7N3O. The van der Waals surface area contributed by atoms with Crippen LogP contribution in [0.1, 0.15) is 0 Å². The van der Waals surface area contributed by atoms with Crippen molar-refractivity contribution in [1.82, 2.24) is 14.8 Å². The molecule has 0 aromatic carbocycles. The Labute approximate surface area is 68.5 Å². The summed E-state index contributed by atoms with van der Waals surface area (Å²) in [6.07, 6.45) is 3.30. The summed E-state index contributed by atoms with van der Waals surface area (Å²) in [5.41, 5.74) is -0.0678. The van der Waals surface area contributed by atoms with Crippen molar-refractivity contribution in [3.63, 3.8) is 0 Å². The zero-order valence-corrected chi connectivity index (χ0v) is 6.27. The number of hydrogen-bond acceptors (Lipinski definition) is 2. The van der Waals surface area contributed by atoms with Crippen molar-refractivity contribution < 1.29 is 0 Å². The molecule has 2 aromatic rings. The maximum absolute atomic E-state index is 11.2. The molecule has 0 aliphatic heterocycles. The Bertz CT molecular complexity index is 416. The van der Waals surface area contributed by atoms with Gasteiger partial charge in [-0.15, -0.1) is 0 Å². The number of pyridine rings is 1. The fourth-order valence-corrected chi connectivity index (χ4v) is 1.01. The third kappa shape index (κ3) is 1.03. The molecule has 0 aliphatic rings. The van der Waals surface area contributed by atoms with E-state index in [2.05, 4.69) is 10.2 Å². The Morgan fingerprint density at radius 3 is 2.92 bits per heavy atom. The van der Waals surface area contributed by atoms with Crippen molar-refractivity contribution in [2.45, 2.75) is 0 Å². The Morgan fingerprint density at radius 1 is 1.33 bits per heavy atom. The van der Waals surface area contributed by atoms with Crippen LogP contribution < -0.4 is 5.56 Å². The molecule has 0 aliphatic carbocycles. The van der Waals surface area contributed by atoms with Gasteiger partial charge in [0.25, 0.3) is 5.56 Å². The average Bonchev–Trinajstić information content (AvgIpc) is 2.57. The van der Waals surface area contributed by atoms with Gasteiger partial charge in [-0.25, -0.2) is 0 Å². The fraction of sp³-hybridized carbons (Fsp3) is 0. The number of rotatable bonds is 1. The van der Waals surface area contributed by atoms with Gasteiger partial charge >= 0.3 is 0 Å². The maximum Gasteiger partial charge on any atom is 0.256 e. The molecule has 0 fully saturated rings. The predicted octanol–water partition coefficient (Wildman–Crippen LogP) is 0.561. The molecule has 0 saturated heterocycles. The van der Waals surface area contributed by atoms with E-state index in [1.54, 1.807) is 30.6 Å². The second-order valence-electron chi connectivity index (χ2n) is 2.35. The largest absolute Gasteiger partial charge is 0.269 e. The summed E-state index contributed by atoms with van der Waals surface area (Å²) in [6.45, 7) is 0. The second kappa shape index (κ2) is 2.65. The topological polar surface area (TPSA) is 50.7 Å². The van der Waals surface area contributed by atoms with E-state index in [0.717, 1.165) is 0 Å². The molecule has 0 bridgehead atoms. The van der Waals surface area contributed by atoms with E-state index >= 15 is 0 Å². The number of aromatic nitrogens is 3. The van der Waals surface area contributed by atoms with E-state index in [9.17, 15) is 4.79 Å². The zero-order valence-electron chi connectivity index (χ0n) is 6.27. The van der Waals surface area contributed by atoms with E-state index in [-0.39, 0.29) is 5.56 Å². The molecular weight excluding hydrogens is 154 g/mol. The first-order chi connectivity index (χ1) is 5.88. The van der Waals surface area contributed by atoms with Crippen LogP contribution in [0.15, 0.2) is 41.5 Å². The van der Waals surface area contributed by atoms with Gasteiger partial charge in [-0.3, -0.25) is 14.5 Å². The van der Waals surface area contributed by atoms with Crippen LogP contribution in [0.2, 0.25) is 0 Å². The summed E-state index contributed by atoms with van der Waals surface area (Å²) in [5.74, 6) is 0.681. The van der Waals surface area contributed by atoms with Gasteiger partial charge in [-0.2, -0.15) is 5.10 Å². The highest BCUT2D eigenvalue weighted by Crippen LogP contribution is 1.96. The van der Waals surface area contributed by atoms with Crippen LogP contribution in [0, 0.1) is 0 Å². The molecule has 2 rings (SSSR count). The number of H-pyrrole nitrogens is 1. The van der Waals surface area contributed by atoms with Crippen molar-refractivity contribution in [1.29, 1.82) is 0 Å². The molecule has 0 saturated carbocycles. The Hall–Kier alpha value is -1.84. The van der Waals surface area contributed by atoms with Crippen molar-refractivity contribution >= 4 is 0 Å². The lowest BCUT2D eigenvalue weighted by Gasteiger charge is -1.98. The third-order valence-electron chi connectivity index (χ3n) is 1.57. The van der Waals surface area contributed by atoms with Crippen LogP contribution in [0.5, 0.6) is 0 Å². The number of nitrogens with zero attached hydrogens (tertiary/aromatic N) is 2. The van der Waals surface area contributed by atoms with Crippen molar-refractivity contribution in [2.24, 2.45) is 0 Å². The highest BCUT2D eigenvalue weighted by molar-refractivity contribution is 5.19. The summed E-state index contributed by atoms with van der Waals surface area (Å²) in [6, 6.07) is 6.74. The minimum absolute atomic E-state index is 0.0678. The highest BCUT2D eigenvalue weighted by Gasteiger charge is 1.96. The highest BCUT2D eigenvalue weighted by atomic mass is 16.1. The lowest BCUT2D eigenvalue weighted by atomic mass is 10.4. The molecule has 4 heteroatoms. The van der Waals surface area contributed by atoms with Gasteiger partial charge in [-0.05, 0) is 6.07 Å². The van der Waals surface area contributed by atoms with Crippen LogP contribution >= 0.6 is 0 Å². The summed E-state index contributed by atoms with van der Waals surface area (Å²) in [5, 5.41) is 6.46. The molecule has 1 N–H and O–H groups in total. The Balaban J connectivity index is 2.63. The van der Waals surface area contributed by atoms with E-state index in [1.165, 1.54) is 10.6 Å². The van der Waals surface area contributed by atoms with Crippen LogP contribution in [-0.2, 0) is 0 Å². The summed E-state index contributed by atoms with van der Waals surface area (Å²) < 4.78 is 1.49. The first kappa shape index (κ1) is 6.84. The molecule has 0 unspecified atom stereocenters. The van der Waals surface area contributed by atoms with E-state index in [1.807, 2.05) is 0 Å². The van der Waals surface area contributed by atoms with Gasteiger partial charge in [-0.1, -0.05) is 6.07 Å². The van der Waals surface area contributed by atoms with Crippen LogP contribution in [0.3, 0.4) is 0 Å². The first-order valence-electron chi connectivity index (χ1n) is 3.55. The molecule has 0 atom stereocenters. The SMILES string of the molecule is O=c1ccccn1-c1ccn[nH]1. The first-order valence-corrected chi connectivity index (χ1v) is 3.55. The van der Waals surface area contributed by atoms with Crippen molar-refractivity contribution in [3.8, 4) is 5.82 Å². The quantitative estimate of drug-likeness (QED) is 0.664. The molecule has 60 valence electrons. The smallest absolute Gasteiger partial charge is 0.256 e. The lowest BCUT2D eigenvalue weighted by Crippen LogP contribution is -2.15. The van der Waals surface area contributed by atoms with Crippen molar-refractivity contribution in [3.05, 3.63) is 47.0 Å². The molecule has 2 heterocycles. The van der Waals surface area contributed by atoms with Crippen LogP contribution in [0.4, 0.5) is 0 Å². The van der Waals surface area contributed by atoms with E-state index in [0.29, 0.717) is 5.82 Å². The monoisotopic (exact) mass is 161 g/mol. The fourth-order valence-electron chi connectivity index (χ4n) is 1.01. The normalized spacial score (nSPS) is 10.0. The minimum atomic E-state index is -0.0678. The van der Waals surface area contributed by atoms with Gasteiger partial charge in [0.1, 0.15) is 5.82 Å². The van der Waals surface area contributed by atoms with Gasteiger partial charge < -0.3 is 0 Å². The maximum atomic E-state index is 11.2. The second-order valence-corrected chi connectivity index (χ2v) is 2.35. The van der Waals surface area contributed by atoms with Gasteiger partial charge in [0, 0.05) is 18.3 Å². The minimum Gasteiger partial charge on any atom is -0.269 e. The molecule has 4 nitrogen and oxygen atoms in total. The van der Waals surface area contributed by atoms with Crippen LogP contribution in [-0.4, -0.2) is 14.8 Å². The van der Waals surface area contributed by atoms with Gasteiger partial charge in [0.15, 0.2) is 0 Å². The van der Waals surface area contributed by atoms with Crippen molar-refractivity contribution in [2.75, 3.05) is 0 Å². The predicted molar refractivity (Wildman–Crippen MR) is 44.2 cm³/mol. The molecule has 0 radical (unpaired) electrons. The Morgan fingerprint density at radius 2 is 2.25 bits per heavy atom. The molecule has 0 amide bonds. The number of aromatic amines is 1. The zero-order chi connectivity index (χ0) is 8.39. The van der Waals surface area contributed by atoms with E-state index in [4.69, 9.17) is 0 Å². The molecule has 0 spiro atoms. The standard InChI is InChI=1S/C8H7N3O/c12-8-3-1-2-6-11(8)7-4-5-9-10-7/h1-6H,(H,9,10). The van der Waals surface area contributed by atoms with Gasteiger partial charge in [0.2, 0.25) is 0 Å². The molecule has 2 aromatic heterocycles.